The minimum absolute atomic E-state index is 0.181. The maximum Gasteiger partial charge on any atom is 0.267 e. The fraction of sp³-hybridized carbons (Fsp3) is 0.150. The standard InChI is InChI=1S/C20H17N3O4S/c1-28-18-5-3-2-4-15(18)21-19(24)11-23-20(25)9-7-14(22-23)13-6-8-16-17(10-13)27-12-26-16/h2-10H,11-12H2,1H3,(H,21,24). The van der Waals surface area contributed by atoms with Crippen molar-refractivity contribution in [2.75, 3.05) is 18.4 Å². The number of hydrogen-bond donors (Lipinski definition) is 1. The number of benzene rings is 2. The van der Waals surface area contributed by atoms with Gasteiger partial charge in [-0.15, -0.1) is 11.8 Å². The molecular weight excluding hydrogens is 378 g/mol. The largest absolute Gasteiger partial charge is 0.454 e. The predicted octanol–water partition coefficient (Wildman–Crippen LogP) is 3.00. The van der Waals surface area contributed by atoms with Gasteiger partial charge < -0.3 is 14.8 Å². The van der Waals surface area contributed by atoms with Crippen molar-refractivity contribution in [3.05, 3.63) is 65.0 Å². The third-order valence-electron chi connectivity index (χ3n) is 4.21. The van der Waals surface area contributed by atoms with Gasteiger partial charge >= 0.3 is 0 Å². The lowest BCUT2D eigenvalue weighted by Crippen LogP contribution is -2.29. The number of hydrogen-bond acceptors (Lipinski definition) is 6. The van der Waals surface area contributed by atoms with Crippen molar-refractivity contribution in [2.24, 2.45) is 0 Å². The van der Waals surface area contributed by atoms with Crippen molar-refractivity contribution >= 4 is 23.4 Å². The number of para-hydroxylation sites is 1. The summed E-state index contributed by atoms with van der Waals surface area (Å²) in [6.07, 6.45) is 1.94. The molecule has 0 saturated heterocycles. The molecule has 0 saturated carbocycles. The van der Waals surface area contributed by atoms with Crippen LogP contribution < -0.4 is 20.3 Å². The van der Waals surface area contributed by atoms with E-state index in [2.05, 4.69) is 10.4 Å². The number of rotatable bonds is 5. The van der Waals surface area contributed by atoms with Crippen molar-refractivity contribution in [1.82, 2.24) is 9.78 Å². The van der Waals surface area contributed by atoms with Gasteiger partial charge in [0.2, 0.25) is 12.7 Å². The predicted molar refractivity (Wildman–Crippen MR) is 107 cm³/mol. The van der Waals surface area contributed by atoms with Crippen LogP contribution >= 0.6 is 11.8 Å². The Balaban J connectivity index is 1.56. The van der Waals surface area contributed by atoms with Crippen LogP contribution in [-0.2, 0) is 11.3 Å². The lowest BCUT2D eigenvalue weighted by molar-refractivity contribution is -0.117. The zero-order chi connectivity index (χ0) is 19.5. The smallest absolute Gasteiger partial charge is 0.267 e. The maximum atomic E-state index is 12.4. The Kier molecular flexibility index (Phi) is 5.03. The van der Waals surface area contributed by atoms with Gasteiger partial charge in [-0.25, -0.2) is 4.68 Å². The molecule has 0 radical (unpaired) electrons. The summed E-state index contributed by atoms with van der Waals surface area (Å²) in [6.45, 7) is 0.00332. The first kappa shape index (κ1) is 18.1. The van der Waals surface area contributed by atoms with E-state index in [4.69, 9.17) is 9.47 Å². The van der Waals surface area contributed by atoms with Gasteiger partial charge in [-0.1, -0.05) is 12.1 Å². The quantitative estimate of drug-likeness (QED) is 0.669. The molecule has 0 unspecified atom stereocenters. The number of anilines is 1. The summed E-state index contributed by atoms with van der Waals surface area (Å²) in [5.41, 5.74) is 1.69. The number of amides is 1. The number of nitrogens with zero attached hydrogens (tertiary/aromatic N) is 2. The first-order chi connectivity index (χ1) is 13.6. The lowest BCUT2D eigenvalue weighted by atomic mass is 10.1. The molecule has 0 fully saturated rings. The molecular formula is C20H17N3O4S. The molecule has 0 aliphatic carbocycles. The van der Waals surface area contributed by atoms with Gasteiger partial charge in [-0.2, -0.15) is 5.10 Å². The van der Waals surface area contributed by atoms with E-state index < -0.39 is 0 Å². The number of carbonyl (C=O) groups is 1. The Hall–Kier alpha value is -3.26. The molecule has 7 nitrogen and oxygen atoms in total. The van der Waals surface area contributed by atoms with Gasteiger partial charge in [0.15, 0.2) is 11.5 Å². The highest BCUT2D eigenvalue weighted by molar-refractivity contribution is 7.98. The molecule has 142 valence electrons. The summed E-state index contributed by atoms with van der Waals surface area (Å²) < 4.78 is 11.8. The summed E-state index contributed by atoms with van der Waals surface area (Å²) >= 11 is 1.54. The second-order valence-electron chi connectivity index (χ2n) is 6.03. The molecule has 1 aromatic heterocycles. The van der Waals surface area contributed by atoms with Crippen LogP contribution in [0.15, 0.2) is 64.3 Å². The van der Waals surface area contributed by atoms with Gasteiger partial charge in [0, 0.05) is 16.5 Å². The van der Waals surface area contributed by atoms with E-state index in [1.807, 2.05) is 36.6 Å². The topological polar surface area (TPSA) is 82.5 Å². The monoisotopic (exact) mass is 395 g/mol. The first-order valence-electron chi connectivity index (χ1n) is 8.55. The number of carbonyl (C=O) groups excluding carboxylic acids is 1. The van der Waals surface area contributed by atoms with Gasteiger partial charge in [0.25, 0.3) is 5.56 Å². The van der Waals surface area contributed by atoms with Crippen LogP contribution in [0.5, 0.6) is 11.5 Å². The zero-order valence-electron chi connectivity index (χ0n) is 15.0. The zero-order valence-corrected chi connectivity index (χ0v) is 15.9. The Morgan fingerprint density at radius 2 is 1.96 bits per heavy atom. The van der Waals surface area contributed by atoms with Crippen molar-refractivity contribution in [1.29, 1.82) is 0 Å². The molecule has 1 N–H and O–H groups in total. The minimum Gasteiger partial charge on any atom is -0.454 e. The summed E-state index contributed by atoms with van der Waals surface area (Å²) in [5.74, 6) is 0.978. The SMILES string of the molecule is CSc1ccccc1NC(=O)Cn1nc(-c2ccc3c(c2)OCO3)ccc1=O. The van der Waals surface area contributed by atoms with E-state index in [1.54, 1.807) is 18.2 Å². The highest BCUT2D eigenvalue weighted by Crippen LogP contribution is 2.35. The molecule has 3 aromatic rings. The Morgan fingerprint density at radius 3 is 2.82 bits per heavy atom. The van der Waals surface area contributed by atoms with Crippen molar-refractivity contribution in [3.63, 3.8) is 0 Å². The molecule has 0 bridgehead atoms. The maximum absolute atomic E-state index is 12.4. The van der Waals surface area contributed by atoms with E-state index in [1.165, 1.54) is 17.8 Å². The van der Waals surface area contributed by atoms with E-state index in [-0.39, 0.29) is 24.8 Å². The molecule has 0 atom stereocenters. The highest BCUT2D eigenvalue weighted by atomic mass is 32.2. The van der Waals surface area contributed by atoms with E-state index in [0.29, 0.717) is 22.9 Å². The van der Waals surface area contributed by atoms with Crippen LogP contribution in [0, 0.1) is 0 Å². The highest BCUT2D eigenvalue weighted by Gasteiger charge is 2.15. The van der Waals surface area contributed by atoms with Crippen LogP contribution in [0.2, 0.25) is 0 Å². The Morgan fingerprint density at radius 1 is 1.14 bits per heavy atom. The minimum atomic E-state index is -0.349. The number of aromatic nitrogens is 2. The van der Waals surface area contributed by atoms with E-state index in [9.17, 15) is 9.59 Å². The Bertz CT molecular complexity index is 1100. The van der Waals surface area contributed by atoms with Crippen molar-refractivity contribution in [2.45, 2.75) is 11.4 Å². The summed E-state index contributed by atoms with van der Waals surface area (Å²) in [7, 11) is 0. The lowest BCUT2D eigenvalue weighted by Gasteiger charge is -2.11. The molecule has 4 rings (SSSR count). The average Bonchev–Trinajstić information content (AvgIpc) is 3.18. The molecule has 8 heteroatoms. The summed E-state index contributed by atoms with van der Waals surface area (Å²) in [4.78, 5) is 25.6. The van der Waals surface area contributed by atoms with Crippen LogP contribution in [0.3, 0.4) is 0 Å². The normalized spacial score (nSPS) is 12.0. The third-order valence-corrected chi connectivity index (χ3v) is 5.01. The van der Waals surface area contributed by atoms with E-state index >= 15 is 0 Å². The average molecular weight is 395 g/mol. The number of thioether (sulfide) groups is 1. The summed E-state index contributed by atoms with van der Waals surface area (Å²) in [5, 5.41) is 7.17. The summed E-state index contributed by atoms with van der Waals surface area (Å²) in [6, 6.07) is 15.9. The third kappa shape index (κ3) is 3.72. The molecule has 28 heavy (non-hydrogen) atoms. The molecule has 0 spiro atoms. The molecule has 2 heterocycles. The van der Waals surface area contributed by atoms with E-state index in [0.717, 1.165) is 15.1 Å². The molecule has 1 amide bonds. The fourth-order valence-corrected chi connectivity index (χ4v) is 3.40. The van der Waals surface area contributed by atoms with Crippen molar-refractivity contribution in [3.8, 4) is 22.8 Å². The second kappa shape index (κ2) is 7.77. The van der Waals surface area contributed by atoms with Gasteiger partial charge in [-0.05, 0) is 42.7 Å². The Labute approximate surface area is 165 Å². The number of ether oxygens (including phenoxy) is 2. The molecule has 2 aromatic carbocycles. The first-order valence-corrected chi connectivity index (χ1v) is 9.77. The van der Waals surface area contributed by atoms with Gasteiger partial charge in [0.05, 0.1) is 11.4 Å². The van der Waals surface area contributed by atoms with Gasteiger partial charge in [0.1, 0.15) is 6.54 Å². The second-order valence-corrected chi connectivity index (χ2v) is 6.88. The van der Waals surface area contributed by atoms with Crippen LogP contribution in [0.1, 0.15) is 0 Å². The van der Waals surface area contributed by atoms with Crippen LogP contribution in [0.4, 0.5) is 5.69 Å². The van der Waals surface area contributed by atoms with Crippen LogP contribution in [-0.4, -0.2) is 28.7 Å². The van der Waals surface area contributed by atoms with Crippen molar-refractivity contribution < 1.29 is 14.3 Å². The molecule has 1 aliphatic heterocycles. The van der Waals surface area contributed by atoms with Gasteiger partial charge in [-0.3, -0.25) is 9.59 Å². The fourth-order valence-electron chi connectivity index (χ4n) is 2.85. The molecule has 1 aliphatic rings. The number of fused-ring (bicyclic) bond motifs is 1. The number of nitrogens with one attached hydrogen (secondary N) is 1. The van der Waals surface area contributed by atoms with Crippen LogP contribution in [0.25, 0.3) is 11.3 Å².